The van der Waals surface area contributed by atoms with Gasteiger partial charge in [-0.1, -0.05) is 68.9 Å². The molecule has 0 heterocycles. The highest BCUT2D eigenvalue weighted by Crippen LogP contribution is 2.02. The Labute approximate surface area is 116 Å². The minimum Gasteiger partial charge on any atom is -0.465 e. The van der Waals surface area contributed by atoms with Gasteiger partial charge in [-0.3, -0.25) is 0 Å². The van der Waals surface area contributed by atoms with Crippen molar-refractivity contribution in [1.29, 1.82) is 0 Å². The molecule has 0 aliphatic heterocycles. The zero-order chi connectivity index (χ0) is 14.3. The van der Waals surface area contributed by atoms with Crippen LogP contribution in [0.2, 0.25) is 0 Å². The van der Waals surface area contributed by atoms with Crippen molar-refractivity contribution in [3.63, 3.8) is 0 Å². The first-order valence-electron chi connectivity index (χ1n) is 6.71. The van der Waals surface area contributed by atoms with Crippen LogP contribution in [0.4, 0.5) is 0 Å². The lowest BCUT2D eigenvalue weighted by Crippen LogP contribution is -2.02. The summed E-state index contributed by atoms with van der Waals surface area (Å²) in [6.07, 6.45) is 20.4. The van der Waals surface area contributed by atoms with E-state index in [1.165, 1.54) is 13.5 Å². The molecule has 2 nitrogen and oxygen atoms in total. The van der Waals surface area contributed by atoms with Crippen LogP contribution in [0.5, 0.6) is 0 Å². The van der Waals surface area contributed by atoms with Crippen molar-refractivity contribution in [2.24, 2.45) is 0 Å². The predicted octanol–water partition coefficient (Wildman–Crippen LogP) is 4.52. The summed E-state index contributed by atoms with van der Waals surface area (Å²) >= 11 is 0. The summed E-state index contributed by atoms with van der Waals surface area (Å²) < 4.78 is 4.69. The van der Waals surface area contributed by atoms with E-state index in [9.17, 15) is 4.79 Å². The summed E-state index contributed by atoms with van der Waals surface area (Å²) in [5, 5.41) is 0. The second-order valence-electron chi connectivity index (χ2n) is 3.91. The summed E-state index contributed by atoms with van der Waals surface area (Å²) in [6, 6.07) is 0. The molecular formula is C17H24O2. The van der Waals surface area contributed by atoms with Gasteiger partial charge >= 0.3 is 5.97 Å². The molecule has 0 radical (unpaired) electrons. The predicted molar refractivity (Wildman–Crippen MR) is 81.9 cm³/mol. The third-order valence-electron chi connectivity index (χ3n) is 2.27. The van der Waals surface area contributed by atoms with Crippen LogP contribution < -0.4 is 0 Å². The van der Waals surface area contributed by atoms with Crippen LogP contribution in [-0.4, -0.2) is 13.1 Å². The van der Waals surface area contributed by atoms with Crippen LogP contribution in [0.1, 0.15) is 33.1 Å². The van der Waals surface area contributed by atoms with E-state index in [4.69, 9.17) is 4.74 Å². The van der Waals surface area contributed by atoms with E-state index in [0.717, 1.165) is 12.8 Å². The van der Waals surface area contributed by atoms with Crippen molar-refractivity contribution in [3.8, 4) is 0 Å². The average molecular weight is 260 g/mol. The fourth-order valence-electron chi connectivity index (χ4n) is 1.31. The van der Waals surface area contributed by atoms with Gasteiger partial charge in [-0.25, -0.2) is 4.79 Å². The molecule has 0 aliphatic rings. The standard InChI is InChI=1S/C17H24O2/c1-4-6-7-8-9-10-11-12-13-15-16(14-5-2)17(18)19-3/h7-15H,4-6H2,1-3H3. The largest absolute Gasteiger partial charge is 0.465 e. The van der Waals surface area contributed by atoms with Gasteiger partial charge in [0, 0.05) is 0 Å². The molecule has 0 saturated carbocycles. The highest BCUT2D eigenvalue weighted by Gasteiger charge is 2.03. The van der Waals surface area contributed by atoms with Gasteiger partial charge in [0.25, 0.3) is 0 Å². The SMILES string of the molecule is CCC=C(C=CC=CC=CC=CCCC)C(=O)OC. The Kier molecular flexibility index (Phi) is 11.4. The lowest BCUT2D eigenvalue weighted by molar-refractivity contribution is -0.135. The molecule has 0 aromatic heterocycles. The number of ether oxygens (including phenoxy) is 1. The molecule has 0 spiro atoms. The van der Waals surface area contributed by atoms with E-state index in [0.29, 0.717) is 5.57 Å². The van der Waals surface area contributed by atoms with Gasteiger partial charge in [-0.05, 0) is 18.9 Å². The third-order valence-corrected chi connectivity index (χ3v) is 2.27. The molecule has 0 aromatic rings. The second kappa shape index (κ2) is 12.6. The van der Waals surface area contributed by atoms with Gasteiger partial charge < -0.3 is 4.74 Å². The maximum absolute atomic E-state index is 11.4. The number of unbranched alkanes of at least 4 members (excludes halogenated alkanes) is 1. The highest BCUT2D eigenvalue weighted by atomic mass is 16.5. The van der Waals surface area contributed by atoms with E-state index < -0.39 is 0 Å². The molecule has 2 heteroatoms. The zero-order valence-corrected chi connectivity index (χ0v) is 12.1. The Morgan fingerprint density at radius 3 is 2.21 bits per heavy atom. The maximum Gasteiger partial charge on any atom is 0.337 e. The molecule has 19 heavy (non-hydrogen) atoms. The average Bonchev–Trinajstić information content (AvgIpc) is 2.43. The molecule has 104 valence electrons. The number of rotatable bonds is 8. The van der Waals surface area contributed by atoms with Crippen molar-refractivity contribution in [2.45, 2.75) is 33.1 Å². The summed E-state index contributed by atoms with van der Waals surface area (Å²) in [4.78, 5) is 11.4. The molecule has 0 bridgehead atoms. The van der Waals surface area contributed by atoms with E-state index in [-0.39, 0.29) is 5.97 Å². The molecule has 0 unspecified atom stereocenters. The Hall–Kier alpha value is -1.83. The molecule has 0 fully saturated rings. The van der Waals surface area contributed by atoms with Gasteiger partial charge in [0.05, 0.1) is 12.7 Å². The van der Waals surface area contributed by atoms with Gasteiger partial charge in [0.1, 0.15) is 0 Å². The van der Waals surface area contributed by atoms with E-state index in [1.807, 2.05) is 49.5 Å². The van der Waals surface area contributed by atoms with Crippen LogP contribution in [0.15, 0.2) is 60.3 Å². The molecule has 0 aliphatic carbocycles. The van der Waals surface area contributed by atoms with E-state index in [1.54, 1.807) is 6.08 Å². The van der Waals surface area contributed by atoms with Crippen molar-refractivity contribution in [1.82, 2.24) is 0 Å². The van der Waals surface area contributed by atoms with Crippen LogP contribution in [-0.2, 0) is 9.53 Å². The fraction of sp³-hybridized carbons (Fsp3) is 0.353. The maximum atomic E-state index is 11.4. The Morgan fingerprint density at radius 2 is 1.63 bits per heavy atom. The first-order valence-corrected chi connectivity index (χ1v) is 6.71. The Bertz CT molecular complexity index is 382. The molecule has 0 N–H and O–H groups in total. The normalized spacial score (nSPS) is 13.3. The van der Waals surface area contributed by atoms with Crippen molar-refractivity contribution in [3.05, 3.63) is 60.3 Å². The lowest BCUT2D eigenvalue weighted by atomic mass is 10.2. The zero-order valence-electron chi connectivity index (χ0n) is 12.1. The van der Waals surface area contributed by atoms with Crippen molar-refractivity contribution in [2.75, 3.05) is 7.11 Å². The topological polar surface area (TPSA) is 26.3 Å². The Balaban J connectivity index is 4.25. The van der Waals surface area contributed by atoms with Crippen LogP contribution in [0, 0.1) is 0 Å². The molecular weight excluding hydrogens is 236 g/mol. The minimum atomic E-state index is -0.301. The van der Waals surface area contributed by atoms with Gasteiger partial charge in [0.2, 0.25) is 0 Å². The number of esters is 1. The van der Waals surface area contributed by atoms with Crippen molar-refractivity contribution < 1.29 is 9.53 Å². The second-order valence-corrected chi connectivity index (χ2v) is 3.91. The first-order chi connectivity index (χ1) is 9.26. The van der Waals surface area contributed by atoms with E-state index in [2.05, 4.69) is 13.0 Å². The lowest BCUT2D eigenvalue weighted by Gasteiger charge is -1.97. The molecule has 0 rings (SSSR count). The monoisotopic (exact) mass is 260 g/mol. The van der Waals surface area contributed by atoms with Gasteiger partial charge in [-0.15, -0.1) is 0 Å². The van der Waals surface area contributed by atoms with Crippen LogP contribution in [0.25, 0.3) is 0 Å². The number of hydrogen-bond donors (Lipinski definition) is 0. The smallest absolute Gasteiger partial charge is 0.337 e. The summed E-state index contributed by atoms with van der Waals surface area (Å²) in [6.45, 7) is 4.14. The Morgan fingerprint density at radius 1 is 1.00 bits per heavy atom. The molecule has 0 atom stereocenters. The number of carbonyl (C=O) groups is 1. The molecule has 0 amide bonds. The van der Waals surface area contributed by atoms with E-state index >= 15 is 0 Å². The summed E-state index contributed by atoms with van der Waals surface area (Å²) in [5.74, 6) is -0.301. The number of hydrogen-bond acceptors (Lipinski definition) is 2. The number of carbonyl (C=O) groups excluding carboxylic acids is 1. The first kappa shape index (κ1) is 17.2. The number of methoxy groups -OCH3 is 1. The number of allylic oxidation sites excluding steroid dienone is 8. The minimum absolute atomic E-state index is 0.301. The van der Waals surface area contributed by atoms with Crippen molar-refractivity contribution >= 4 is 5.97 Å². The van der Waals surface area contributed by atoms with Gasteiger partial charge in [-0.2, -0.15) is 0 Å². The third kappa shape index (κ3) is 9.83. The quantitative estimate of drug-likeness (QED) is 0.364. The molecule has 0 saturated heterocycles. The van der Waals surface area contributed by atoms with Gasteiger partial charge in [0.15, 0.2) is 0 Å². The summed E-state index contributed by atoms with van der Waals surface area (Å²) in [5.41, 5.74) is 0.585. The fourth-order valence-corrected chi connectivity index (χ4v) is 1.31. The van der Waals surface area contributed by atoms with Crippen LogP contribution >= 0.6 is 0 Å². The van der Waals surface area contributed by atoms with Crippen LogP contribution in [0.3, 0.4) is 0 Å². The highest BCUT2D eigenvalue weighted by molar-refractivity contribution is 5.91. The molecule has 0 aromatic carbocycles. The summed E-state index contributed by atoms with van der Waals surface area (Å²) in [7, 11) is 1.39.